The highest BCUT2D eigenvalue weighted by Gasteiger charge is 2.09. The second kappa shape index (κ2) is 7.06. The van der Waals surface area contributed by atoms with E-state index in [1.54, 1.807) is 6.07 Å². The molecule has 0 bridgehead atoms. The van der Waals surface area contributed by atoms with Crippen LogP contribution in [0.3, 0.4) is 0 Å². The van der Waals surface area contributed by atoms with Gasteiger partial charge < -0.3 is 15.2 Å². The van der Waals surface area contributed by atoms with E-state index in [0.29, 0.717) is 17.8 Å². The molecule has 0 amide bonds. The van der Waals surface area contributed by atoms with E-state index in [1.807, 2.05) is 30.0 Å². The molecule has 1 fully saturated rings. The summed E-state index contributed by atoms with van der Waals surface area (Å²) in [7, 11) is 0. The van der Waals surface area contributed by atoms with Crippen molar-refractivity contribution in [1.82, 2.24) is 20.2 Å². The van der Waals surface area contributed by atoms with Crippen LogP contribution in [-0.4, -0.2) is 52.6 Å². The Kier molecular flexibility index (Phi) is 4.90. The van der Waals surface area contributed by atoms with Crippen LogP contribution in [0.15, 0.2) is 29.1 Å². The number of thioether (sulfide) groups is 1. The third kappa shape index (κ3) is 3.84. The molecule has 0 unspecified atom stereocenters. The van der Waals surface area contributed by atoms with E-state index in [4.69, 9.17) is 0 Å². The van der Waals surface area contributed by atoms with Crippen molar-refractivity contribution in [2.75, 3.05) is 37.7 Å². The Balaban J connectivity index is 1.54. The maximum Gasteiger partial charge on any atom is 0.258 e. The van der Waals surface area contributed by atoms with Crippen molar-refractivity contribution >= 4 is 22.7 Å². The minimum atomic E-state index is -0.0644. The highest BCUT2D eigenvalue weighted by Crippen LogP contribution is 2.08. The minimum Gasteiger partial charge on any atom is -0.309 e. The Morgan fingerprint density at radius 1 is 1.29 bits per heavy atom. The van der Waals surface area contributed by atoms with E-state index in [2.05, 4.69) is 20.2 Å². The van der Waals surface area contributed by atoms with Gasteiger partial charge in [-0.2, -0.15) is 11.8 Å². The van der Waals surface area contributed by atoms with Gasteiger partial charge in [-0.1, -0.05) is 12.1 Å². The zero-order valence-corrected chi connectivity index (χ0v) is 12.8. The van der Waals surface area contributed by atoms with Crippen molar-refractivity contribution in [2.45, 2.75) is 6.54 Å². The summed E-state index contributed by atoms with van der Waals surface area (Å²) in [5.41, 5.74) is 0.691. The Hall–Kier alpha value is -1.37. The van der Waals surface area contributed by atoms with Gasteiger partial charge in [-0.05, 0) is 12.1 Å². The van der Waals surface area contributed by atoms with Gasteiger partial charge in [-0.3, -0.25) is 4.79 Å². The summed E-state index contributed by atoms with van der Waals surface area (Å²) in [5.74, 6) is 3.17. The predicted molar refractivity (Wildman–Crippen MR) is 87.8 cm³/mol. The highest BCUT2D eigenvalue weighted by atomic mass is 32.2. The van der Waals surface area contributed by atoms with Crippen LogP contribution >= 0.6 is 11.8 Å². The van der Waals surface area contributed by atoms with E-state index in [-0.39, 0.29) is 5.56 Å². The number of hydrogen-bond donors (Lipinski definition) is 2. The summed E-state index contributed by atoms with van der Waals surface area (Å²) in [6.07, 6.45) is 0. The lowest BCUT2D eigenvalue weighted by Crippen LogP contribution is -2.37. The molecule has 1 saturated heterocycles. The van der Waals surface area contributed by atoms with Gasteiger partial charge in [0.1, 0.15) is 5.82 Å². The predicted octanol–water partition coefficient (Wildman–Crippen LogP) is 1.06. The number of fused-ring (bicyclic) bond motifs is 1. The molecule has 3 rings (SSSR count). The molecule has 2 heterocycles. The largest absolute Gasteiger partial charge is 0.309 e. The zero-order valence-electron chi connectivity index (χ0n) is 12.0. The molecule has 1 aromatic carbocycles. The molecule has 0 saturated carbocycles. The van der Waals surface area contributed by atoms with Crippen LogP contribution in [0, 0.1) is 0 Å². The van der Waals surface area contributed by atoms with Gasteiger partial charge >= 0.3 is 0 Å². The summed E-state index contributed by atoms with van der Waals surface area (Å²) in [6.45, 7) is 4.93. The van der Waals surface area contributed by atoms with Crippen molar-refractivity contribution in [2.24, 2.45) is 0 Å². The van der Waals surface area contributed by atoms with Crippen LogP contribution < -0.4 is 10.9 Å². The topological polar surface area (TPSA) is 61.0 Å². The maximum atomic E-state index is 11.9. The van der Waals surface area contributed by atoms with Crippen LogP contribution in [0.1, 0.15) is 5.82 Å². The second-order valence-corrected chi connectivity index (χ2v) is 6.39. The Morgan fingerprint density at radius 3 is 2.95 bits per heavy atom. The minimum absolute atomic E-state index is 0.0644. The first-order chi connectivity index (χ1) is 10.3. The zero-order chi connectivity index (χ0) is 14.5. The smallest absolute Gasteiger partial charge is 0.258 e. The maximum absolute atomic E-state index is 11.9. The molecule has 0 atom stereocenters. The van der Waals surface area contributed by atoms with E-state index in [0.717, 1.165) is 18.6 Å². The molecule has 21 heavy (non-hydrogen) atoms. The summed E-state index contributed by atoms with van der Waals surface area (Å²) < 4.78 is 0. The van der Waals surface area contributed by atoms with Gasteiger partial charge in [0.25, 0.3) is 5.56 Å². The van der Waals surface area contributed by atoms with Crippen molar-refractivity contribution in [3.8, 4) is 0 Å². The molecule has 5 nitrogen and oxygen atoms in total. The fourth-order valence-electron chi connectivity index (χ4n) is 2.49. The number of nitrogens with one attached hydrogen (secondary N) is 2. The number of hydrogen-bond acceptors (Lipinski definition) is 5. The average Bonchev–Trinajstić information content (AvgIpc) is 2.53. The number of para-hydroxylation sites is 1. The molecule has 0 aliphatic carbocycles. The lowest BCUT2D eigenvalue weighted by molar-refractivity contribution is 0.300. The van der Waals surface area contributed by atoms with Gasteiger partial charge in [0.15, 0.2) is 0 Å². The monoisotopic (exact) mass is 304 g/mol. The van der Waals surface area contributed by atoms with Crippen molar-refractivity contribution < 1.29 is 0 Å². The molecule has 1 aromatic heterocycles. The van der Waals surface area contributed by atoms with Crippen molar-refractivity contribution in [3.05, 3.63) is 40.4 Å². The SMILES string of the molecule is O=c1[nH]c(CNCCN2CCSCC2)nc2ccccc12. The molecule has 112 valence electrons. The number of benzene rings is 1. The standard InChI is InChI=1S/C15H20N4OS/c20-15-12-3-1-2-4-13(12)17-14(18-15)11-16-5-6-19-7-9-21-10-8-19/h1-4,16H,5-11H2,(H,17,18,20). The number of aromatic nitrogens is 2. The normalized spacial score (nSPS) is 16.4. The van der Waals surface area contributed by atoms with Crippen LogP contribution in [0.25, 0.3) is 10.9 Å². The number of nitrogens with zero attached hydrogens (tertiary/aromatic N) is 2. The first kappa shape index (κ1) is 14.6. The highest BCUT2D eigenvalue weighted by molar-refractivity contribution is 7.99. The molecule has 2 aromatic rings. The van der Waals surface area contributed by atoms with Crippen LogP contribution in [-0.2, 0) is 6.54 Å². The lowest BCUT2D eigenvalue weighted by Gasteiger charge is -2.26. The molecule has 1 aliphatic heterocycles. The van der Waals surface area contributed by atoms with Gasteiger partial charge in [0.05, 0.1) is 17.4 Å². The van der Waals surface area contributed by atoms with E-state index in [1.165, 1.54) is 24.6 Å². The van der Waals surface area contributed by atoms with Crippen molar-refractivity contribution in [3.63, 3.8) is 0 Å². The fourth-order valence-corrected chi connectivity index (χ4v) is 3.47. The fraction of sp³-hybridized carbons (Fsp3) is 0.467. The molecular formula is C15H20N4OS. The van der Waals surface area contributed by atoms with Gasteiger partial charge in [0.2, 0.25) is 0 Å². The number of H-pyrrole nitrogens is 1. The van der Waals surface area contributed by atoms with E-state index < -0.39 is 0 Å². The quantitative estimate of drug-likeness (QED) is 0.809. The average molecular weight is 304 g/mol. The van der Waals surface area contributed by atoms with Crippen LogP contribution in [0.2, 0.25) is 0 Å². The molecule has 0 radical (unpaired) electrons. The molecule has 1 aliphatic rings. The van der Waals surface area contributed by atoms with Crippen LogP contribution in [0.4, 0.5) is 0 Å². The van der Waals surface area contributed by atoms with Crippen LogP contribution in [0.5, 0.6) is 0 Å². The van der Waals surface area contributed by atoms with Gasteiger partial charge in [0, 0.05) is 37.7 Å². The molecule has 2 N–H and O–H groups in total. The van der Waals surface area contributed by atoms with Gasteiger partial charge in [-0.25, -0.2) is 4.98 Å². The van der Waals surface area contributed by atoms with E-state index >= 15 is 0 Å². The Labute approximate surface area is 128 Å². The Morgan fingerprint density at radius 2 is 2.10 bits per heavy atom. The van der Waals surface area contributed by atoms with Crippen molar-refractivity contribution in [1.29, 1.82) is 0 Å². The molecule has 0 spiro atoms. The first-order valence-corrected chi connectivity index (χ1v) is 8.47. The lowest BCUT2D eigenvalue weighted by atomic mass is 10.2. The van der Waals surface area contributed by atoms with Gasteiger partial charge in [-0.15, -0.1) is 0 Å². The number of rotatable bonds is 5. The summed E-state index contributed by atoms with van der Waals surface area (Å²) in [6, 6.07) is 7.43. The number of aromatic amines is 1. The third-order valence-corrected chi connectivity index (χ3v) is 4.61. The van der Waals surface area contributed by atoms with E-state index in [9.17, 15) is 4.79 Å². The molecular weight excluding hydrogens is 284 g/mol. The summed E-state index contributed by atoms with van der Waals surface area (Å²) in [5, 5.41) is 4.01. The first-order valence-electron chi connectivity index (χ1n) is 7.32. The Bertz CT molecular complexity index is 651. The summed E-state index contributed by atoms with van der Waals surface area (Å²) in [4.78, 5) is 21.7. The second-order valence-electron chi connectivity index (χ2n) is 5.16. The third-order valence-electron chi connectivity index (χ3n) is 3.66. The molecule has 6 heteroatoms. The summed E-state index contributed by atoms with van der Waals surface area (Å²) >= 11 is 2.03.